The van der Waals surface area contributed by atoms with Crippen LogP contribution in [0.15, 0.2) is 40.4 Å². The number of halogens is 4. The lowest BCUT2D eigenvalue weighted by Crippen LogP contribution is -2.24. The summed E-state index contributed by atoms with van der Waals surface area (Å²) >= 11 is 3.56. The van der Waals surface area contributed by atoms with E-state index in [2.05, 4.69) is 31.6 Å². The fourth-order valence-electron chi connectivity index (χ4n) is 3.17. The van der Waals surface area contributed by atoms with Crippen LogP contribution in [0.1, 0.15) is 18.1 Å². The zero-order valence-corrected chi connectivity index (χ0v) is 15.8. The topological polar surface area (TPSA) is 32.7 Å². The van der Waals surface area contributed by atoms with E-state index in [4.69, 9.17) is 0 Å². The highest BCUT2D eigenvalue weighted by Gasteiger charge is 2.31. The molecule has 0 fully saturated rings. The molecule has 0 spiro atoms. The smallest absolute Gasteiger partial charge is 0.406 e. The van der Waals surface area contributed by atoms with Crippen LogP contribution in [0.3, 0.4) is 0 Å². The number of ether oxygens (including phenoxy) is 1. The van der Waals surface area contributed by atoms with Crippen molar-refractivity contribution in [1.82, 2.24) is 0 Å². The fourth-order valence-corrected chi connectivity index (χ4v) is 3.92. The second kappa shape index (κ2) is 6.96. The number of likely N-dealkylation sites (N-methyl/N-ethyl adjacent to an activating group) is 1. The molecule has 2 aromatic carbocycles. The van der Waals surface area contributed by atoms with Crippen LogP contribution in [-0.4, -0.2) is 25.1 Å². The van der Waals surface area contributed by atoms with Crippen molar-refractivity contribution in [3.05, 3.63) is 51.5 Å². The van der Waals surface area contributed by atoms with Crippen molar-refractivity contribution < 1.29 is 23.0 Å². The van der Waals surface area contributed by atoms with Gasteiger partial charge in [0.1, 0.15) is 5.75 Å². The van der Waals surface area contributed by atoms with E-state index in [-0.39, 0.29) is 12.4 Å². The van der Waals surface area contributed by atoms with Gasteiger partial charge in [-0.3, -0.25) is 0 Å². The summed E-state index contributed by atoms with van der Waals surface area (Å²) in [6.45, 7) is 2.64. The first-order valence-electron chi connectivity index (χ1n) is 7.90. The molecule has 0 aliphatic carbocycles. The van der Waals surface area contributed by atoms with E-state index in [1.165, 1.54) is 17.7 Å². The molecule has 1 N–H and O–H groups in total. The van der Waals surface area contributed by atoms with Crippen LogP contribution in [0, 0.1) is 0 Å². The molecule has 1 aliphatic rings. The quantitative estimate of drug-likeness (QED) is 0.715. The molecule has 138 valence electrons. The second-order valence-electron chi connectivity index (χ2n) is 6.24. The number of rotatable bonds is 3. The highest BCUT2D eigenvalue weighted by molar-refractivity contribution is 9.10. The maximum Gasteiger partial charge on any atom is 0.573 e. The van der Waals surface area contributed by atoms with Gasteiger partial charge in [-0.05, 0) is 57.7 Å². The lowest BCUT2D eigenvalue weighted by molar-refractivity contribution is -0.274. The molecule has 0 amide bonds. The van der Waals surface area contributed by atoms with Gasteiger partial charge in [0.25, 0.3) is 0 Å². The molecule has 26 heavy (non-hydrogen) atoms. The Morgan fingerprint density at radius 3 is 2.46 bits per heavy atom. The molecular formula is C19H17BrF3NO2. The van der Waals surface area contributed by atoms with Gasteiger partial charge in [-0.25, -0.2) is 0 Å². The molecule has 0 atom stereocenters. The number of benzene rings is 2. The first-order valence-corrected chi connectivity index (χ1v) is 8.69. The molecule has 0 saturated heterocycles. The molecule has 3 rings (SSSR count). The Morgan fingerprint density at radius 1 is 1.23 bits per heavy atom. The second-order valence-corrected chi connectivity index (χ2v) is 7.03. The Balaban J connectivity index is 2.12. The highest BCUT2D eigenvalue weighted by atomic mass is 79.9. The molecule has 0 saturated carbocycles. The summed E-state index contributed by atoms with van der Waals surface area (Å²) < 4.78 is 41.8. The largest absolute Gasteiger partial charge is 0.573 e. The lowest BCUT2D eigenvalue weighted by Gasteiger charge is -2.30. The predicted octanol–water partition coefficient (Wildman–Crippen LogP) is 5.36. The number of anilines is 1. The SMILES string of the molecule is CC1=Cc2c(-c3ccc(OC(F)(F)F)cc3)cc(CO)c(Br)c2N(C)C1. The Labute approximate surface area is 157 Å². The number of hydrogen-bond donors (Lipinski definition) is 1. The Bertz CT molecular complexity index is 861. The molecule has 1 aliphatic heterocycles. The summed E-state index contributed by atoms with van der Waals surface area (Å²) in [5.41, 5.74) is 5.39. The number of nitrogens with zero attached hydrogens (tertiary/aromatic N) is 1. The molecule has 1 heterocycles. The number of alkyl halides is 3. The van der Waals surface area contributed by atoms with Gasteiger partial charge in [0.15, 0.2) is 0 Å². The van der Waals surface area contributed by atoms with E-state index in [1.807, 2.05) is 20.0 Å². The summed E-state index contributed by atoms with van der Waals surface area (Å²) in [5, 5.41) is 9.69. The van der Waals surface area contributed by atoms with Gasteiger partial charge < -0.3 is 14.7 Å². The molecule has 0 radical (unpaired) electrons. The first kappa shape index (κ1) is 18.8. The number of aliphatic hydroxyl groups is 1. The van der Waals surface area contributed by atoms with E-state index >= 15 is 0 Å². The van der Waals surface area contributed by atoms with Crippen molar-refractivity contribution >= 4 is 27.7 Å². The van der Waals surface area contributed by atoms with E-state index in [0.717, 1.165) is 33.4 Å². The fraction of sp³-hybridized carbons (Fsp3) is 0.263. The Hall–Kier alpha value is -1.99. The number of aliphatic hydroxyl groups excluding tert-OH is 1. The summed E-state index contributed by atoms with van der Waals surface area (Å²) in [6.07, 6.45) is -2.65. The van der Waals surface area contributed by atoms with Gasteiger partial charge in [0.2, 0.25) is 0 Å². The maximum absolute atomic E-state index is 12.4. The van der Waals surface area contributed by atoms with Crippen molar-refractivity contribution in [2.45, 2.75) is 19.9 Å². The third-order valence-corrected chi connectivity index (χ3v) is 5.07. The van der Waals surface area contributed by atoms with Crippen molar-refractivity contribution in [2.24, 2.45) is 0 Å². The van der Waals surface area contributed by atoms with Crippen molar-refractivity contribution in [2.75, 3.05) is 18.5 Å². The van der Waals surface area contributed by atoms with Crippen molar-refractivity contribution in [3.63, 3.8) is 0 Å². The molecule has 0 unspecified atom stereocenters. The van der Waals surface area contributed by atoms with Crippen molar-refractivity contribution in [1.29, 1.82) is 0 Å². The van der Waals surface area contributed by atoms with Gasteiger partial charge in [-0.15, -0.1) is 13.2 Å². The monoisotopic (exact) mass is 427 g/mol. The van der Waals surface area contributed by atoms with Crippen LogP contribution in [0.2, 0.25) is 0 Å². The van der Waals surface area contributed by atoms with Gasteiger partial charge >= 0.3 is 6.36 Å². The molecule has 3 nitrogen and oxygen atoms in total. The third-order valence-electron chi connectivity index (χ3n) is 4.18. The van der Waals surface area contributed by atoms with Gasteiger partial charge in [0.05, 0.1) is 12.3 Å². The lowest BCUT2D eigenvalue weighted by atomic mass is 9.92. The minimum absolute atomic E-state index is 0.146. The van der Waals surface area contributed by atoms with E-state index in [0.29, 0.717) is 5.56 Å². The van der Waals surface area contributed by atoms with Gasteiger partial charge in [0, 0.05) is 23.6 Å². The van der Waals surface area contributed by atoms with Crippen LogP contribution in [0.25, 0.3) is 17.2 Å². The summed E-state index contributed by atoms with van der Waals surface area (Å²) in [5.74, 6) is -0.265. The van der Waals surface area contributed by atoms with Crippen LogP contribution >= 0.6 is 15.9 Å². The molecule has 0 bridgehead atoms. The van der Waals surface area contributed by atoms with E-state index < -0.39 is 6.36 Å². The molecular weight excluding hydrogens is 411 g/mol. The van der Waals surface area contributed by atoms with E-state index in [9.17, 15) is 18.3 Å². The van der Waals surface area contributed by atoms with E-state index in [1.54, 1.807) is 12.1 Å². The molecule has 7 heteroatoms. The van der Waals surface area contributed by atoms with Crippen LogP contribution < -0.4 is 9.64 Å². The van der Waals surface area contributed by atoms with Crippen LogP contribution in [-0.2, 0) is 6.61 Å². The summed E-state index contributed by atoms with van der Waals surface area (Å²) in [7, 11) is 1.96. The summed E-state index contributed by atoms with van der Waals surface area (Å²) in [4.78, 5) is 2.08. The minimum atomic E-state index is -4.72. The van der Waals surface area contributed by atoms with Crippen molar-refractivity contribution in [3.8, 4) is 16.9 Å². The van der Waals surface area contributed by atoms with Gasteiger partial charge in [-0.2, -0.15) is 0 Å². The van der Waals surface area contributed by atoms with Gasteiger partial charge in [-0.1, -0.05) is 23.8 Å². The normalized spacial score (nSPS) is 14.1. The molecule has 2 aromatic rings. The Morgan fingerprint density at radius 2 is 1.88 bits per heavy atom. The Kier molecular flexibility index (Phi) is 5.03. The summed E-state index contributed by atoms with van der Waals surface area (Å²) in [6, 6.07) is 7.61. The van der Waals surface area contributed by atoms with Crippen LogP contribution in [0.4, 0.5) is 18.9 Å². The average molecular weight is 428 g/mol. The zero-order chi connectivity index (χ0) is 19.1. The average Bonchev–Trinajstić information content (AvgIpc) is 2.54. The maximum atomic E-state index is 12.4. The predicted molar refractivity (Wildman–Crippen MR) is 99.1 cm³/mol. The minimum Gasteiger partial charge on any atom is -0.406 e. The highest BCUT2D eigenvalue weighted by Crippen LogP contribution is 2.43. The number of fused-ring (bicyclic) bond motifs is 1. The van der Waals surface area contributed by atoms with Crippen LogP contribution in [0.5, 0.6) is 5.75 Å². The first-order chi connectivity index (χ1) is 12.2. The zero-order valence-electron chi connectivity index (χ0n) is 14.2. The third kappa shape index (κ3) is 3.73. The number of hydrogen-bond acceptors (Lipinski definition) is 3. The molecule has 0 aromatic heterocycles. The standard InChI is InChI=1S/C19H17BrF3NO2/c1-11-7-16-15(8-13(10-25)17(20)18(16)24(2)9-11)12-3-5-14(6-4-12)26-19(21,22)23/h3-8,25H,9-10H2,1-2H3.